The lowest BCUT2D eigenvalue weighted by Gasteiger charge is -1.97. The van der Waals surface area contributed by atoms with E-state index < -0.39 is 0 Å². The highest BCUT2D eigenvalue weighted by molar-refractivity contribution is 7.15. The lowest BCUT2D eigenvalue weighted by atomic mass is 10.1. The molecule has 0 unspecified atom stereocenters. The van der Waals surface area contributed by atoms with E-state index in [1.54, 1.807) is 11.3 Å². The van der Waals surface area contributed by atoms with Crippen molar-refractivity contribution in [1.29, 1.82) is 0 Å². The lowest BCUT2D eigenvalue weighted by Crippen LogP contribution is -1.80. The zero-order chi connectivity index (χ0) is 13.9. The predicted octanol–water partition coefficient (Wildman–Crippen LogP) is 4.47. The molecule has 0 aliphatic carbocycles. The van der Waals surface area contributed by atoms with Gasteiger partial charge < -0.3 is 4.98 Å². The summed E-state index contributed by atoms with van der Waals surface area (Å²) in [5.74, 6) is 0. The third kappa shape index (κ3) is 1.55. The topological polar surface area (TPSA) is 33.1 Å². The summed E-state index contributed by atoms with van der Waals surface area (Å²) < 4.78 is 2.16. The van der Waals surface area contributed by atoms with Crippen molar-refractivity contribution in [2.75, 3.05) is 0 Å². The predicted molar refractivity (Wildman–Crippen MR) is 84.6 cm³/mol. The molecule has 0 aliphatic rings. The van der Waals surface area contributed by atoms with Crippen LogP contribution in [0.5, 0.6) is 0 Å². The molecule has 0 spiro atoms. The Labute approximate surface area is 120 Å². The second kappa shape index (κ2) is 3.96. The number of thiazole rings is 1. The van der Waals surface area contributed by atoms with Crippen LogP contribution in [0.3, 0.4) is 0 Å². The minimum atomic E-state index is 1.05. The summed E-state index contributed by atoms with van der Waals surface area (Å²) >= 11 is 1.69. The molecule has 0 radical (unpaired) electrons. The number of benzene rings is 1. The van der Waals surface area contributed by atoms with Crippen molar-refractivity contribution in [2.45, 2.75) is 20.8 Å². The van der Waals surface area contributed by atoms with Crippen molar-refractivity contribution in [2.24, 2.45) is 0 Å². The Hall–Kier alpha value is -2.07. The molecule has 1 N–H and O–H groups in total. The molecule has 100 valence electrons. The van der Waals surface area contributed by atoms with Gasteiger partial charge in [-0.25, -0.2) is 4.98 Å². The molecule has 0 saturated carbocycles. The van der Waals surface area contributed by atoms with Crippen LogP contribution in [0.4, 0.5) is 0 Å². The van der Waals surface area contributed by atoms with Crippen LogP contribution in [0.15, 0.2) is 29.8 Å². The Morgan fingerprint density at radius 2 is 2.05 bits per heavy atom. The van der Waals surface area contributed by atoms with Crippen LogP contribution in [-0.4, -0.2) is 14.4 Å². The Morgan fingerprint density at radius 3 is 2.85 bits per heavy atom. The summed E-state index contributed by atoms with van der Waals surface area (Å²) in [4.78, 5) is 9.30. The highest BCUT2D eigenvalue weighted by Gasteiger charge is 2.14. The van der Waals surface area contributed by atoms with E-state index in [2.05, 4.69) is 59.9 Å². The number of aromatic nitrogens is 3. The molecule has 0 saturated heterocycles. The van der Waals surface area contributed by atoms with Crippen LogP contribution in [0, 0.1) is 20.8 Å². The van der Waals surface area contributed by atoms with Crippen LogP contribution in [-0.2, 0) is 0 Å². The molecule has 20 heavy (non-hydrogen) atoms. The minimum absolute atomic E-state index is 1.05. The molecule has 0 fully saturated rings. The highest BCUT2D eigenvalue weighted by Crippen LogP contribution is 2.33. The first-order valence-electron chi connectivity index (χ1n) is 6.66. The SMILES string of the molecule is Cc1ccc2c(-c3cn4c(C)csc4n3)c(C)[nH]c2c1. The number of imidazole rings is 1. The van der Waals surface area contributed by atoms with E-state index in [-0.39, 0.29) is 0 Å². The van der Waals surface area contributed by atoms with E-state index in [1.807, 2.05) is 0 Å². The Kier molecular flexibility index (Phi) is 2.32. The van der Waals surface area contributed by atoms with Crippen molar-refractivity contribution in [1.82, 2.24) is 14.4 Å². The number of nitrogens with zero attached hydrogens (tertiary/aromatic N) is 2. The summed E-state index contributed by atoms with van der Waals surface area (Å²) in [7, 11) is 0. The molecule has 4 rings (SSSR count). The number of nitrogens with one attached hydrogen (secondary N) is 1. The first kappa shape index (κ1) is 11.7. The molecule has 0 atom stereocenters. The van der Waals surface area contributed by atoms with Gasteiger partial charge in [0.25, 0.3) is 0 Å². The fraction of sp³-hybridized carbons (Fsp3) is 0.188. The molecule has 3 nitrogen and oxygen atoms in total. The van der Waals surface area contributed by atoms with Gasteiger partial charge in [-0.3, -0.25) is 4.40 Å². The zero-order valence-corrected chi connectivity index (χ0v) is 12.5. The number of hydrogen-bond donors (Lipinski definition) is 1. The molecule has 3 heterocycles. The van der Waals surface area contributed by atoms with Crippen molar-refractivity contribution >= 4 is 27.2 Å². The molecule has 1 aromatic carbocycles. The highest BCUT2D eigenvalue weighted by atomic mass is 32.1. The van der Waals surface area contributed by atoms with Crippen LogP contribution < -0.4 is 0 Å². The van der Waals surface area contributed by atoms with Gasteiger partial charge in [0, 0.05) is 39.4 Å². The first-order valence-corrected chi connectivity index (χ1v) is 7.54. The number of aryl methyl sites for hydroxylation is 3. The second-order valence-corrected chi connectivity index (χ2v) is 6.17. The van der Waals surface area contributed by atoms with Gasteiger partial charge in [-0.2, -0.15) is 0 Å². The molecule has 0 amide bonds. The Morgan fingerprint density at radius 1 is 1.20 bits per heavy atom. The largest absolute Gasteiger partial charge is 0.358 e. The van der Waals surface area contributed by atoms with Crippen LogP contribution in [0.2, 0.25) is 0 Å². The van der Waals surface area contributed by atoms with Gasteiger partial charge >= 0.3 is 0 Å². The number of fused-ring (bicyclic) bond motifs is 2. The monoisotopic (exact) mass is 281 g/mol. The van der Waals surface area contributed by atoms with Gasteiger partial charge in [0.2, 0.25) is 0 Å². The first-order chi connectivity index (χ1) is 9.63. The average molecular weight is 281 g/mol. The summed E-state index contributed by atoms with van der Waals surface area (Å²) in [6, 6.07) is 6.53. The van der Waals surface area contributed by atoms with Crippen molar-refractivity contribution in [3.63, 3.8) is 0 Å². The fourth-order valence-corrected chi connectivity index (χ4v) is 3.64. The van der Waals surface area contributed by atoms with E-state index >= 15 is 0 Å². The maximum Gasteiger partial charge on any atom is 0.194 e. The number of H-pyrrole nitrogens is 1. The van der Waals surface area contributed by atoms with E-state index in [1.165, 1.54) is 33.4 Å². The number of hydrogen-bond acceptors (Lipinski definition) is 2. The minimum Gasteiger partial charge on any atom is -0.358 e. The summed E-state index contributed by atoms with van der Waals surface area (Å²) in [5, 5.41) is 3.38. The van der Waals surface area contributed by atoms with Gasteiger partial charge in [-0.15, -0.1) is 11.3 Å². The third-order valence-corrected chi connectivity index (χ3v) is 4.74. The fourth-order valence-electron chi connectivity index (χ4n) is 2.79. The normalized spacial score (nSPS) is 11.8. The van der Waals surface area contributed by atoms with E-state index in [0.717, 1.165) is 10.7 Å². The van der Waals surface area contributed by atoms with Crippen LogP contribution in [0.25, 0.3) is 27.1 Å². The Bertz CT molecular complexity index is 940. The van der Waals surface area contributed by atoms with Crippen molar-refractivity contribution < 1.29 is 0 Å². The van der Waals surface area contributed by atoms with Gasteiger partial charge in [-0.1, -0.05) is 12.1 Å². The van der Waals surface area contributed by atoms with E-state index in [4.69, 9.17) is 4.98 Å². The van der Waals surface area contributed by atoms with E-state index in [9.17, 15) is 0 Å². The zero-order valence-electron chi connectivity index (χ0n) is 11.7. The standard InChI is InChI=1S/C16H15N3S/c1-9-4-5-12-13(6-9)17-11(3)15(12)14-7-19-10(2)8-20-16(19)18-14/h4-8,17H,1-3H3. The van der Waals surface area contributed by atoms with E-state index in [0.29, 0.717) is 0 Å². The van der Waals surface area contributed by atoms with Crippen LogP contribution >= 0.6 is 11.3 Å². The molecule has 0 aliphatic heterocycles. The lowest BCUT2D eigenvalue weighted by molar-refractivity contribution is 1.13. The van der Waals surface area contributed by atoms with Crippen LogP contribution in [0.1, 0.15) is 17.0 Å². The summed E-state index contributed by atoms with van der Waals surface area (Å²) in [6.45, 7) is 6.34. The molecular weight excluding hydrogens is 266 g/mol. The Balaban J connectivity index is 2.03. The van der Waals surface area contributed by atoms with Crippen molar-refractivity contribution in [3.05, 3.63) is 46.7 Å². The average Bonchev–Trinajstić information content (AvgIpc) is 3.03. The molecule has 0 bridgehead atoms. The third-order valence-electron chi connectivity index (χ3n) is 3.79. The van der Waals surface area contributed by atoms with Gasteiger partial charge in [-0.05, 0) is 32.4 Å². The summed E-state index contributed by atoms with van der Waals surface area (Å²) in [6.07, 6.45) is 2.14. The van der Waals surface area contributed by atoms with Gasteiger partial charge in [0.15, 0.2) is 4.96 Å². The molecule has 4 heteroatoms. The molecule has 3 aromatic heterocycles. The van der Waals surface area contributed by atoms with Gasteiger partial charge in [0.1, 0.15) is 0 Å². The second-order valence-electron chi connectivity index (χ2n) is 5.33. The van der Waals surface area contributed by atoms with Crippen molar-refractivity contribution in [3.8, 4) is 11.3 Å². The number of aromatic amines is 1. The molecule has 4 aromatic rings. The quantitative estimate of drug-likeness (QED) is 0.548. The molecular formula is C16H15N3S. The summed E-state index contributed by atoms with van der Waals surface area (Å²) in [5.41, 5.74) is 7.13. The van der Waals surface area contributed by atoms with Gasteiger partial charge in [0.05, 0.1) is 5.69 Å². The number of rotatable bonds is 1. The smallest absolute Gasteiger partial charge is 0.194 e. The maximum absolute atomic E-state index is 4.77. The maximum atomic E-state index is 4.77.